The van der Waals surface area contributed by atoms with Gasteiger partial charge < -0.3 is 10.4 Å². The van der Waals surface area contributed by atoms with Gasteiger partial charge in [0.25, 0.3) is 0 Å². The molecule has 2 heteroatoms. The Kier molecular flexibility index (Phi) is 2.73. The first-order chi connectivity index (χ1) is 6.77. The summed E-state index contributed by atoms with van der Waals surface area (Å²) >= 11 is 0. The molecular weight excluding hydrogens is 174 g/mol. The lowest BCUT2D eigenvalue weighted by atomic mass is 9.91. The smallest absolute Gasteiger partial charge is 0.118 e. The fraction of sp³-hybridized carbons (Fsp3) is 0.500. The van der Waals surface area contributed by atoms with Gasteiger partial charge in [-0.25, -0.2) is 0 Å². The van der Waals surface area contributed by atoms with Crippen molar-refractivity contribution < 1.29 is 5.11 Å². The molecule has 2 nitrogen and oxygen atoms in total. The molecular formula is C12H17NO. The highest BCUT2D eigenvalue weighted by Crippen LogP contribution is 2.27. The van der Waals surface area contributed by atoms with Crippen LogP contribution in [0.2, 0.25) is 0 Å². The van der Waals surface area contributed by atoms with Gasteiger partial charge in [0.05, 0.1) is 0 Å². The fourth-order valence-corrected chi connectivity index (χ4v) is 2.02. The lowest BCUT2D eigenvalue weighted by Crippen LogP contribution is -2.28. The predicted molar refractivity (Wildman–Crippen MR) is 57.7 cm³/mol. The zero-order chi connectivity index (χ0) is 9.97. The van der Waals surface area contributed by atoms with Crippen LogP contribution in [0.5, 0.6) is 5.75 Å². The van der Waals surface area contributed by atoms with E-state index in [1.54, 1.807) is 0 Å². The average Bonchev–Trinajstić information content (AvgIpc) is 2.23. The molecule has 76 valence electrons. The third-order valence-electron chi connectivity index (χ3n) is 3.00. The summed E-state index contributed by atoms with van der Waals surface area (Å²) in [5, 5.41) is 13.0. The summed E-state index contributed by atoms with van der Waals surface area (Å²) in [5.74, 6) is 1.00. The predicted octanol–water partition coefficient (Wildman–Crippen LogP) is 2.17. The maximum absolute atomic E-state index is 9.61. The van der Waals surface area contributed by atoms with Gasteiger partial charge in [0.15, 0.2) is 0 Å². The molecule has 2 rings (SSSR count). The van der Waals surface area contributed by atoms with E-state index >= 15 is 0 Å². The van der Waals surface area contributed by atoms with E-state index in [0.29, 0.717) is 11.7 Å². The van der Waals surface area contributed by atoms with Crippen molar-refractivity contribution in [2.45, 2.75) is 25.7 Å². The number of hydrogen-bond donors (Lipinski definition) is 2. The van der Waals surface area contributed by atoms with Gasteiger partial charge in [-0.2, -0.15) is 0 Å². The standard InChI is InChI=1S/C12H17NO/c1-9-4-5-10(7-12(9)14)11-3-2-6-13-8-11/h4-5,7,11,13-14H,2-3,6,8H2,1H3. The van der Waals surface area contributed by atoms with Gasteiger partial charge in [0.1, 0.15) is 5.75 Å². The molecule has 2 N–H and O–H groups in total. The van der Waals surface area contributed by atoms with E-state index in [2.05, 4.69) is 11.4 Å². The molecule has 0 bridgehead atoms. The molecule has 1 aliphatic heterocycles. The second-order valence-corrected chi connectivity index (χ2v) is 4.09. The van der Waals surface area contributed by atoms with Crippen LogP contribution in [-0.2, 0) is 0 Å². The summed E-state index contributed by atoms with van der Waals surface area (Å²) in [5.41, 5.74) is 2.22. The molecule has 1 heterocycles. The van der Waals surface area contributed by atoms with Crippen molar-refractivity contribution >= 4 is 0 Å². The van der Waals surface area contributed by atoms with Gasteiger partial charge in [-0.3, -0.25) is 0 Å². The van der Waals surface area contributed by atoms with Gasteiger partial charge in [-0.05, 0) is 49.4 Å². The molecule has 0 saturated carbocycles. The number of piperidine rings is 1. The number of benzene rings is 1. The SMILES string of the molecule is Cc1ccc(C2CCCNC2)cc1O. The third-order valence-corrected chi connectivity index (χ3v) is 3.00. The zero-order valence-corrected chi connectivity index (χ0v) is 8.59. The van der Waals surface area contributed by atoms with Crippen LogP contribution in [0.3, 0.4) is 0 Å². The Morgan fingerprint density at radius 2 is 2.29 bits per heavy atom. The first-order valence-corrected chi connectivity index (χ1v) is 5.27. The van der Waals surface area contributed by atoms with Crippen LogP contribution in [0, 0.1) is 6.92 Å². The molecule has 1 aliphatic rings. The lowest BCUT2D eigenvalue weighted by molar-refractivity contribution is 0.451. The molecule has 1 aromatic rings. The van der Waals surface area contributed by atoms with Gasteiger partial charge >= 0.3 is 0 Å². The summed E-state index contributed by atoms with van der Waals surface area (Å²) in [4.78, 5) is 0. The van der Waals surface area contributed by atoms with E-state index in [1.165, 1.54) is 18.4 Å². The monoisotopic (exact) mass is 191 g/mol. The number of hydrogen-bond acceptors (Lipinski definition) is 2. The number of rotatable bonds is 1. The molecule has 14 heavy (non-hydrogen) atoms. The van der Waals surface area contributed by atoms with E-state index in [9.17, 15) is 5.11 Å². The normalized spacial score (nSPS) is 22.2. The van der Waals surface area contributed by atoms with Crippen LogP contribution in [0.15, 0.2) is 18.2 Å². The van der Waals surface area contributed by atoms with Crippen LogP contribution in [-0.4, -0.2) is 18.2 Å². The third kappa shape index (κ3) is 1.90. The number of nitrogens with one attached hydrogen (secondary N) is 1. The van der Waals surface area contributed by atoms with E-state index < -0.39 is 0 Å². The molecule has 0 radical (unpaired) electrons. The summed E-state index contributed by atoms with van der Waals surface area (Å²) in [6.45, 7) is 4.11. The summed E-state index contributed by atoms with van der Waals surface area (Å²) in [6, 6.07) is 6.04. The van der Waals surface area contributed by atoms with Crippen molar-refractivity contribution in [2.75, 3.05) is 13.1 Å². The Morgan fingerprint density at radius 3 is 2.93 bits per heavy atom. The molecule has 1 aromatic carbocycles. The van der Waals surface area contributed by atoms with Gasteiger partial charge in [-0.1, -0.05) is 12.1 Å². The van der Waals surface area contributed by atoms with Crippen LogP contribution in [0.4, 0.5) is 0 Å². The van der Waals surface area contributed by atoms with E-state index in [4.69, 9.17) is 0 Å². The topological polar surface area (TPSA) is 32.3 Å². The Morgan fingerprint density at radius 1 is 1.43 bits per heavy atom. The van der Waals surface area contributed by atoms with Crippen LogP contribution in [0.25, 0.3) is 0 Å². The van der Waals surface area contributed by atoms with Crippen molar-refractivity contribution in [1.82, 2.24) is 5.32 Å². The Labute approximate surface area is 85.0 Å². The van der Waals surface area contributed by atoms with E-state index in [1.807, 2.05) is 19.1 Å². The van der Waals surface area contributed by atoms with E-state index in [-0.39, 0.29) is 0 Å². The molecule has 1 atom stereocenters. The highest BCUT2D eigenvalue weighted by Gasteiger charge is 2.15. The van der Waals surface area contributed by atoms with Crippen molar-refractivity contribution in [3.63, 3.8) is 0 Å². The first kappa shape index (κ1) is 9.53. The molecule has 0 aliphatic carbocycles. The molecule has 0 spiro atoms. The lowest BCUT2D eigenvalue weighted by Gasteiger charge is -2.23. The van der Waals surface area contributed by atoms with Crippen LogP contribution in [0.1, 0.15) is 29.9 Å². The number of phenolic OH excluding ortho intramolecular Hbond substituents is 1. The van der Waals surface area contributed by atoms with E-state index in [0.717, 1.165) is 18.7 Å². The Hall–Kier alpha value is -1.02. The van der Waals surface area contributed by atoms with Crippen LogP contribution >= 0.6 is 0 Å². The largest absolute Gasteiger partial charge is 0.508 e. The molecule has 0 amide bonds. The van der Waals surface area contributed by atoms with Crippen molar-refractivity contribution in [2.24, 2.45) is 0 Å². The second kappa shape index (κ2) is 4.01. The molecule has 1 saturated heterocycles. The van der Waals surface area contributed by atoms with Crippen molar-refractivity contribution in [3.05, 3.63) is 29.3 Å². The Balaban J connectivity index is 2.18. The number of aromatic hydroxyl groups is 1. The zero-order valence-electron chi connectivity index (χ0n) is 8.59. The minimum atomic E-state index is 0.424. The second-order valence-electron chi connectivity index (χ2n) is 4.09. The highest BCUT2D eigenvalue weighted by molar-refractivity contribution is 5.37. The molecule has 0 aromatic heterocycles. The quantitative estimate of drug-likeness (QED) is 0.713. The Bertz CT molecular complexity index is 316. The highest BCUT2D eigenvalue weighted by atomic mass is 16.3. The van der Waals surface area contributed by atoms with Gasteiger partial charge in [0.2, 0.25) is 0 Å². The minimum absolute atomic E-state index is 0.424. The molecule has 1 unspecified atom stereocenters. The molecule has 1 fully saturated rings. The fourth-order valence-electron chi connectivity index (χ4n) is 2.02. The summed E-state index contributed by atoms with van der Waals surface area (Å²) in [7, 11) is 0. The summed E-state index contributed by atoms with van der Waals surface area (Å²) < 4.78 is 0. The summed E-state index contributed by atoms with van der Waals surface area (Å²) in [6.07, 6.45) is 2.47. The number of phenols is 1. The van der Waals surface area contributed by atoms with Crippen molar-refractivity contribution in [1.29, 1.82) is 0 Å². The maximum atomic E-state index is 9.61. The van der Waals surface area contributed by atoms with Crippen LogP contribution < -0.4 is 5.32 Å². The van der Waals surface area contributed by atoms with Gasteiger partial charge in [-0.15, -0.1) is 0 Å². The first-order valence-electron chi connectivity index (χ1n) is 5.27. The minimum Gasteiger partial charge on any atom is -0.508 e. The van der Waals surface area contributed by atoms with Gasteiger partial charge in [0, 0.05) is 6.54 Å². The number of aryl methyl sites for hydroxylation is 1. The maximum Gasteiger partial charge on any atom is 0.118 e. The van der Waals surface area contributed by atoms with Crippen molar-refractivity contribution in [3.8, 4) is 5.75 Å². The average molecular weight is 191 g/mol.